The van der Waals surface area contributed by atoms with E-state index in [9.17, 15) is 70.0 Å². The van der Waals surface area contributed by atoms with E-state index < -0.39 is 45.2 Å². The van der Waals surface area contributed by atoms with Crippen molar-refractivity contribution >= 4 is 21.0 Å². The number of hydrogen-bond donors (Lipinski definition) is 0. The van der Waals surface area contributed by atoms with Crippen molar-refractivity contribution in [1.29, 1.82) is 0 Å². The Kier molecular flexibility index (Phi) is 10.3. The first kappa shape index (κ1) is 36.2. The van der Waals surface area contributed by atoms with Crippen LogP contribution < -0.4 is 0 Å². The highest BCUT2D eigenvalue weighted by molar-refractivity contribution is 7.97. The Bertz CT molecular complexity index is 1440. The summed E-state index contributed by atoms with van der Waals surface area (Å²) in [5, 5.41) is -7.63. The lowest BCUT2D eigenvalue weighted by Gasteiger charge is -2.39. The molecular formula is C25H17F13O3S2. The van der Waals surface area contributed by atoms with Crippen LogP contribution in [0.4, 0.5) is 57.1 Å². The lowest BCUT2D eigenvalue weighted by Crippen LogP contribution is -2.71. The van der Waals surface area contributed by atoms with Crippen molar-refractivity contribution < 1.29 is 70.0 Å². The molecule has 0 saturated carbocycles. The van der Waals surface area contributed by atoms with Crippen molar-refractivity contribution in [1.82, 2.24) is 0 Å². The molecule has 0 aliphatic rings. The van der Waals surface area contributed by atoms with Gasteiger partial charge in [0.2, 0.25) is 0 Å². The number of hydrogen-bond acceptors (Lipinski definition) is 3. The summed E-state index contributed by atoms with van der Waals surface area (Å²) in [5.74, 6) is -32.6. The fourth-order valence-electron chi connectivity index (χ4n) is 3.20. The van der Waals surface area contributed by atoms with Crippen molar-refractivity contribution in [2.24, 2.45) is 0 Å². The largest absolute Gasteiger partial charge is 0.743 e. The molecule has 0 fully saturated rings. The van der Waals surface area contributed by atoms with Gasteiger partial charge in [0.15, 0.2) is 24.8 Å². The highest BCUT2D eigenvalue weighted by atomic mass is 32.2. The van der Waals surface area contributed by atoms with Gasteiger partial charge in [-0.3, -0.25) is 0 Å². The van der Waals surface area contributed by atoms with Gasteiger partial charge >= 0.3 is 35.1 Å². The number of alkyl halides is 13. The average molecular weight is 677 g/mol. The third kappa shape index (κ3) is 6.60. The van der Waals surface area contributed by atoms with E-state index >= 15 is 0 Å². The van der Waals surface area contributed by atoms with Gasteiger partial charge in [-0.05, 0) is 37.3 Å². The molecule has 0 atom stereocenters. The molecule has 18 heteroatoms. The molecule has 0 aliphatic heterocycles. The maximum absolute atomic E-state index is 12.7. The standard InChI is InChI=1S/C19H17S.C6HF13O3S/c1-16-10-8-9-15-19(16)20(17-11-4-2-5-12-17)18-13-6-3-7-14-18;7-1(8,3(11,12)5(15,16)17)2(9,10)4(13,14)6(18,19)23(20,21)22/h2-15H,1H3;(H,20,21,22)/q+1;/p-1. The van der Waals surface area contributed by atoms with E-state index in [1.54, 1.807) is 0 Å². The zero-order chi connectivity index (χ0) is 33.3. The van der Waals surface area contributed by atoms with Gasteiger partial charge in [-0.1, -0.05) is 54.6 Å². The quantitative estimate of drug-likeness (QED) is 0.137. The van der Waals surface area contributed by atoms with Gasteiger partial charge in [-0.2, -0.15) is 57.1 Å². The number of aryl methyl sites for hydroxylation is 1. The van der Waals surface area contributed by atoms with Gasteiger partial charge in [-0.25, -0.2) is 8.42 Å². The molecule has 3 aromatic rings. The van der Waals surface area contributed by atoms with Crippen LogP contribution in [0.15, 0.2) is 99.6 Å². The van der Waals surface area contributed by atoms with Gasteiger partial charge in [0.05, 0.1) is 10.9 Å². The van der Waals surface area contributed by atoms with Crippen LogP contribution in [0.1, 0.15) is 5.56 Å². The van der Waals surface area contributed by atoms with Gasteiger partial charge in [0.1, 0.15) is 0 Å². The molecule has 0 radical (unpaired) electrons. The fraction of sp³-hybridized carbons (Fsp3) is 0.280. The van der Waals surface area contributed by atoms with E-state index in [1.165, 1.54) is 20.2 Å². The molecule has 0 amide bonds. The summed E-state index contributed by atoms with van der Waals surface area (Å²) >= 11 is 0. The zero-order valence-electron chi connectivity index (χ0n) is 21.0. The van der Waals surface area contributed by atoms with Crippen LogP contribution in [0.5, 0.6) is 0 Å². The van der Waals surface area contributed by atoms with E-state index in [0.29, 0.717) is 0 Å². The lowest BCUT2D eigenvalue weighted by molar-refractivity contribution is -0.433. The van der Waals surface area contributed by atoms with E-state index in [2.05, 4.69) is 91.9 Å². The Balaban J connectivity index is 0.000000302. The normalized spacial score (nSPS) is 13.9. The van der Waals surface area contributed by atoms with Crippen molar-refractivity contribution in [2.75, 3.05) is 0 Å². The predicted octanol–water partition coefficient (Wildman–Crippen LogP) is 8.32. The Morgan fingerprint density at radius 2 is 0.884 bits per heavy atom. The van der Waals surface area contributed by atoms with Crippen LogP contribution in [-0.4, -0.2) is 48.1 Å². The number of rotatable bonds is 8. The van der Waals surface area contributed by atoms with Crippen LogP contribution in [0.25, 0.3) is 0 Å². The van der Waals surface area contributed by atoms with E-state index in [-0.39, 0.29) is 10.9 Å². The van der Waals surface area contributed by atoms with Crippen LogP contribution in [0.2, 0.25) is 0 Å². The minimum absolute atomic E-state index is 0.0262. The first-order valence-electron chi connectivity index (χ1n) is 11.2. The first-order chi connectivity index (χ1) is 19.4. The maximum Gasteiger partial charge on any atom is 0.460 e. The van der Waals surface area contributed by atoms with Crippen LogP contribution in [0.3, 0.4) is 0 Å². The van der Waals surface area contributed by atoms with Crippen LogP contribution >= 0.6 is 0 Å². The second-order valence-electron chi connectivity index (χ2n) is 8.46. The second kappa shape index (κ2) is 12.2. The summed E-state index contributed by atoms with van der Waals surface area (Å²) in [4.78, 5) is 4.14. The van der Waals surface area contributed by atoms with Crippen LogP contribution in [-0.2, 0) is 21.0 Å². The lowest BCUT2D eigenvalue weighted by atomic mass is 9.98. The van der Waals surface area contributed by atoms with Gasteiger partial charge in [0.25, 0.3) is 0 Å². The molecule has 43 heavy (non-hydrogen) atoms. The molecule has 0 spiro atoms. The van der Waals surface area contributed by atoms with Crippen molar-refractivity contribution in [2.45, 2.75) is 56.7 Å². The van der Waals surface area contributed by atoms with E-state index in [4.69, 9.17) is 0 Å². The molecule has 3 nitrogen and oxygen atoms in total. The van der Waals surface area contributed by atoms with Crippen LogP contribution in [0, 0.1) is 6.92 Å². The SMILES string of the molecule is Cc1ccccc1[S+](c1ccccc1)c1ccccc1.O=S(=O)([O-])C(F)(F)C(F)(F)C(F)(F)C(F)(F)C(F)(F)C(F)(F)F. The van der Waals surface area contributed by atoms with Gasteiger partial charge in [0, 0.05) is 5.56 Å². The summed E-state index contributed by atoms with van der Waals surface area (Å²) in [6.45, 7) is 2.20. The zero-order valence-corrected chi connectivity index (χ0v) is 22.7. The predicted molar refractivity (Wildman–Crippen MR) is 127 cm³/mol. The number of halogens is 13. The topological polar surface area (TPSA) is 57.2 Å². The summed E-state index contributed by atoms with van der Waals surface area (Å²) in [7, 11) is -7.88. The molecule has 0 unspecified atom stereocenters. The average Bonchev–Trinajstić information content (AvgIpc) is 2.90. The third-order valence-corrected chi connectivity index (χ3v) is 8.76. The second-order valence-corrected chi connectivity index (χ2v) is 11.9. The molecule has 238 valence electrons. The summed E-state index contributed by atoms with van der Waals surface area (Å²) < 4.78 is 189. The summed E-state index contributed by atoms with van der Waals surface area (Å²) in [6.07, 6.45) is -7.61. The molecule has 3 rings (SSSR count). The Hall–Kier alpha value is -2.99. The Morgan fingerprint density at radius 1 is 0.535 bits per heavy atom. The smallest absolute Gasteiger partial charge is 0.460 e. The highest BCUT2D eigenvalue weighted by Crippen LogP contribution is 2.60. The molecule has 0 aliphatic carbocycles. The summed E-state index contributed by atoms with van der Waals surface area (Å²) in [6, 6.07) is 30.2. The van der Waals surface area contributed by atoms with Crippen molar-refractivity contribution in [3.63, 3.8) is 0 Å². The molecule has 0 N–H and O–H groups in total. The molecule has 0 aromatic heterocycles. The highest BCUT2D eigenvalue weighted by Gasteiger charge is 2.91. The fourth-order valence-corrected chi connectivity index (χ4v) is 5.89. The van der Waals surface area contributed by atoms with E-state index in [1.807, 2.05) is 0 Å². The van der Waals surface area contributed by atoms with Gasteiger partial charge < -0.3 is 4.55 Å². The molecular weight excluding hydrogens is 659 g/mol. The Labute approximate surface area is 238 Å². The first-order valence-corrected chi connectivity index (χ1v) is 13.8. The molecule has 0 saturated heterocycles. The van der Waals surface area contributed by atoms with Crippen molar-refractivity contribution in [3.05, 3.63) is 90.5 Å². The molecule has 0 heterocycles. The number of benzene rings is 3. The Morgan fingerprint density at radius 3 is 1.23 bits per heavy atom. The third-order valence-electron chi connectivity index (χ3n) is 5.49. The minimum atomic E-state index is -8.29. The summed E-state index contributed by atoms with van der Waals surface area (Å²) in [5.41, 5.74) is 1.35. The molecule has 3 aromatic carbocycles. The monoisotopic (exact) mass is 676 g/mol. The van der Waals surface area contributed by atoms with Crippen molar-refractivity contribution in [3.8, 4) is 0 Å². The minimum Gasteiger partial charge on any atom is -0.743 e. The van der Waals surface area contributed by atoms with Gasteiger partial charge in [-0.15, -0.1) is 0 Å². The molecule has 0 bridgehead atoms. The maximum atomic E-state index is 12.7. The van der Waals surface area contributed by atoms with E-state index in [0.717, 1.165) is 0 Å².